The molecule has 1 heterocycles. The summed E-state index contributed by atoms with van der Waals surface area (Å²) in [5.41, 5.74) is 2.40. The quantitative estimate of drug-likeness (QED) is 0.539. The van der Waals surface area contributed by atoms with Crippen molar-refractivity contribution in [2.24, 2.45) is 0 Å². The Balaban J connectivity index is 1.94. The number of anilines is 1. The Kier molecular flexibility index (Phi) is 7.16. The van der Waals surface area contributed by atoms with Crippen LogP contribution in [0, 0.1) is 0 Å². The number of hydrogen-bond donors (Lipinski definition) is 0. The van der Waals surface area contributed by atoms with Crippen LogP contribution in [-0.2, 0) is 32.5 Å². The average Bonchev–Trinajstić information content (AvgIpc) is 3.12. The molecule has 9 nitrogen and oxygen atoms in total. The van der Waals surface area contributed by atoms with Crippen LogP contribution in [-0.4, -0.2) is 65.4 Å². The van der Waals surface area contributed by atoms with Crippen LogP contribution >= 0.6 is 0 Å². The molecular formula is C23H28N2O7S. The van der Waals surface area contributed by atoms with Gasteiger partial charge in [-0.3, -0.25) is 13.9 Å². The van der Waals surface area contributed by atoms with Crippen LogP contribution in [0.25, 0.3) is 0 Å². The molecule has 1 unspecified atom stereocenters. The minimum Gasteiger partial charge on any atom is -0.497 e. The van der Waals surface area contributed by atoms with Gasteiger partial charge in [0, 0.05) is 24.2 Å². The smallest absolute Gasteiger partial charge is 0.325 e. The van der Waals surface area contributed by atoms with Gasteiger partial charge in [0.25, 0.3) is 5.91 Å². The van der Waals surface area contributed by atoms with Gasteiger partial charge in [0.2, 0.25) is 10.0 Å². The second-order valence-corrected chi connectivity index (χ2v) is 9.77. The summed E-state index contributed by atoms with van der Waals surface area (Å²) in [6, 6.07) is 9.89. The van der Waals surface area contributed by atoms with Crippen molar-refractivity contribution in [1.82, 2.24) is 4.90 Å². The second kappa shape index (κ2) is 9.70. The van der Waals surface area contributed by atoms with E-state index >= 15 is 0 Å². The third-order valence-corrected chi connectivity index (χ3v) is 6.73. The molecule has 0 saturated carbocycles. The van der Waals surface area contributed by atoms with Crippen molar-refractivity contribution < 1.29 is 32.2 Å². The fourth-order valence-corrected chi connectivity index (χ4v) is 5.29. The molecule has 0 aromatic heterocycles. The van der Waals surface area contributed by atoms with Gasteiger partial charge < -0.3 is 19.1 Å². The Bertz CT molecular complexity index is 1140. The van der Waals surface area contributed by atoms with Crippen molar-refractivity contribution in [2.45, 2.75) is 25.9 Å². The highest BCUT2D eigenvalue weighted by atomic mass is 32.2. The number of ether oxygens (including phenoxy) is 3. The minimum atomic E-state index is -3.43. The van der Waals surface area contributed by atoms with Crippen molar-refractivity contribution in [1.29, 1.82) is 0 Å². The Labute approximate surface area is 193 Å². The first-order chi connectivity index (χ1) is 15.6. The van der Waals surface area contributed by atoms with Gasteiger partial charge in [-0.1, -0.05) is 0 Å². The summed E-state index contributed by atoms with van der Waals surface area (Å²) < 4.78 is 41.1. The normalized spacial score (nSPS) is 15.1. The molecule has 1 aliphatic rings. The summed E-state index contributed by atoms with van der Waals surface area (Å²) in [5, 5.41) is 0. The van der Waals surface area contributed by atoms with E-state index in [9.17, 15) is 18.0 Å². The zero-order chi connectivity index (χ0) is 24.3. The molecule has 1 amide bonds. The maximum Gasteiger partial charge on any atom is 0.325 e. The average molecular weight is 477 g/mol. The summed E-state index contributed by atoms with van der Waals surface area (Å²) >= 11 is 0. The van der Waals surface area contributed by atoms with E-state index < -0.39 is 16.0 Å². The molecule has 0 radical (unpaired) electrons. The molecule has 0 bridgehead atoms. The van der Waals surface area contributed by atoms with E-state index in [-0.39, 0.29) is 25.0 Å². The number of rotatable bonds is 8. The molecule has 0 spiro atoms. The van der Waals surface area contributed by atoms with Crippen LogP contribution in [0.3, 0.4) is 0 Å². The van der Waals surface area contributed by atoms with Crippen molar-refractivity contribution >= 4 is 27.6 Å². The number of hydrogen-bond acceptors (Lipinski definition) is 7. The van der Waals surface area contributed by atoms with Crippen molar-refractivity contribution in [2.75, 3.05) is 38.4 Å². The highest BCUT2D eigenvalue weighted by Crippen LogP contribution is 2.35. The monoisotopic (exact) mass is 476 g/mol. The topological polar surface area (TPSA) is 102 Å². The minimum absolute atomic E-state index is 0.116. The number of nitrogens with zero attached hydrogens (tertiary/aromatic N) is 2. The number of benzene rings is 2. The van der Waals surface area contributed by atoms with Crippen LogP contribution in [0.15, 0.2) is 36.4 Å². The van der Waals surface area contributed by atoms with E-state index in [4.69, 9.17) is 14.2 Å². The Hall–Kier alpha value is -3.27. The van der Waals surface area contributed by atoms with Crippen LogP contribution in [0.2, 0.25) is 0 Å². The van der Waals surface area contributed by atoms with Gasteiger partial charge in [-0.05, 0) is 54.8 Å². The fourth-order valence-electron chi connectivity index (χ4n) is 4.02. The predicted octanol–water partition coefficient (Wildman–Crippen LogP) is 2.23. The third kappa shape index (κ3) is 5.39. The Morgan fingerprint density at radius 3 is 2.24 bits per heavy atom. The fraction of sp³-hybridized carbons (Fsp3) is 0.391. The maximum atomic E-state index is 13.4. The molecule has 0 fully saturated rings. The molecule has 2 aromatic rings. The largest absolute Gasteiger partial charge is 0.497 e. The summed E-state index contributed by atoms with van der Waals surface area (Å²) in [5.74, 6) is 0.177. The molecule has 1 atom stereocenters. The maximum absolute atomic E-state index is 13.4. The summed E-state index contributed by atoms with van der Waals surface area (Å²) in [4.78, 5) is 26.8. The standard InChI is InChI=1S/C23H28N2O7S/c1-15-8-18-11-17(6-7-21(18)25(15)33(5,28)29)23(27)24(14-22(26)32-4)13-16-9-19(30-2)12-20(10-16)31-3/h6-7,9-12,15H,8,13-14H2,1-5H3. The van der Waals surface area contributed by atoms with Gasteiger partial charge in [0.05, 0.1) is 33.3 Å². The molecule has 33 heavy (non-hydrogen) atoms. The number of fused-ring (bicyclic) bond motifs is 1. The molecule has 0 N–H and O–H groups in total. The zero-order valence-corrected chi connectivity index (χ0v) is 20.1. The van der Waals surface area contributed by atoms with Crippen molar-refractivity contribution in [3.8, 4) is 11.5 Å². The molecule has 2 aromatic carbocycles. The number of methoxy groups -OCH3 is 3. The van der Waals surface area contributed by atoms with E-state index in [1.165, 1.54) is 30.5 Å². The van der Waals surface area contributed by atoms with Crippen LogP contribution in [0.1, 0.15) is 28.4 Å². The van der Waals surface area contributed by atoms with Gasteiger partial charge in [0.15, 0.2) is 0 Å². The lowest BCUT2D eigenvalue weighted by Gasteiger charge is -2.23. The van der Waals surface area contributed by atoms with Crippen molar-refractivity contribution in [3.63, 3.8) is 0 Å². The number of amides is 1. The predicted molar refractivity (Wildman–Crippen MR) is 123 cm³/mol. The lowest BCUT2D eigenvalue weighted by atomic mass is 10.1. The van der Waals surface area contributed by atoms with Crippen LogP contribution < -0.4 is 13.8 Å². The third-order valence-electron chi connectivity index (χ3n) is 5.46. The highest BCUT2D eigenvalue weighted by Gasteiger charge is 2.33. The summed E-state index contributed by atoms with van der Waals surface area (Å²) in [6.45, 7) is 1.69. The van der Waals surface area contributed by atoms with Crippen LogP contribution in [0.5, 0.6) is 11.5 Å². The second-order valence-electron chi connectivity index (χ2n) is 7.91. The Morgan fingerprint density at radius 2 is 1.70 bits per heavy atom. The van der Waals surface area contributed by atoms with Gasteiger partial charge in [-0.2, -0.15) is 0 Å². The van der Waals surface area contributed by atoms with Gasteiger partial charge in [-0.25, -0.2) is 8.42 Å². The molecule has 178 valence electrons. The number of sulfonamides is 1. The number of esters is 1. The molecular weight excluding hydrogens is 448 g/mol. The van der Waals surface area contributed by atoms with E-state index in [1.54, 1.807) is 36.4 Å². The van der Waals surface area contributed by atoms with Gasteiger partial charge in [0.1, 0.15) is 18.0 Å². The SMILES string of the molecule is COC(=O)CN(Cc1cc(OC)cc(OC)c1)C(=O)c1ccc2c(c1)CC(C)N2S(C)(=O)=O. The number of carbonyl (C=O) groups is 2. The first-order valence-corrected chi connectivity index (χ1v) is 12.1. The highest BCUT2D eigenvalue weighted by molar-refractivity contribution is 7.92. The molecule has 0 saturated heterocycles. The Morgan fingerprint density at radius 1 is 1.06 bits per heavy atom. The molecule has 0 aliphatic carbocycles. The molecule has 10 heteroatoms. The zero-order valence-electron chi connectivity index (χ0n) is 19.3. The first kappa shape index (κ1) is 24.4. The summed E-state index contributed by atoms with van der Waals surface area (Å²) in [7, 11) is 0.883. The van der Waals surface area contributed by atoms with Gasteiger partial charge >= 0.3 is 5.97 Å². The van der Waals surface area contributed by atoms with Gasteiger partial charge in [-0.15, -0.1) is 0 Å². The van der Waals surface area contributed by atoms with E-state index in [1.807, 2.05) is 6.92 Å². The number of carbonyl (C=O) groups excluding carboxylic acids is 2. The van der Waals surface area contributed by atoms with Crippen LogP contribution in [0.4, 0.5) is 5.69 Å². The van der Waals surface area contributed by atoms with E-state index in [2.05, 4.69) is 0 Å². The van der Waals surface area contributed by atoms with E-state index in [0.29, 0.717) is 34.7 Å². The molecule has 1 aliphatic heterocycles. The van der Waals surface area contributed by atoms with E-state index in [0.717, 1.165) is 11.8 Å². The molecule has 3 rings (SSSR count). The lowest BCUT2D eigenvalue weighted by molar-refractivity contribution is -0.141. The lowest BCUT2D eigenvalue weighted by Crippen LogP contribution is -2.36. The first-order valence-electron chi connectivity index (χ1n) is 10.3. The van der Waals surface area contributed by atoms with Crippen molar-refractivity contribution in [3.05, 3.63) is 53.1 Å². The summed E-state index contributed by atoms with van der Waals surface area (Å²) in [6.07, 6.45) is 1.66.